The van der Waals surface area contributed by atoms with E-state index < -0.39 is 5.97 Å². The third-order valence-electron chi connectivity index (χ3n) is 5.85. The minimum Gasteiger partial charge on any atom is -0.507 e. The van der Waals surface area contributed by atoms with Crippen LogP contribution >= 0.6 is 11.6 Å². The molecule has 1 atom stereocenters. The number of carbonyl (C=O) groups is 2. The maximum absolute atomic E-state index is 13.4. The maximum atomic E-state index is 13.4. The van der Waals surface area contributed by atoms with Crippen LogP contribution in [0.2, 0.25) is 0 Å². The molecule has 3 aromatic carbocycles. The number of ether oxygens (including phenoxy) is 1. The lowest BCUT2D eigenvalue weighted by atomic mass is 9.95. The number of nitrogens with one attached hydrogen (secondary N) is 1. The van der Waals surface area contributed by atoms with Crippen molar-refractivity contribution in [1.82, 2.24) is 4.98 Å². The number of hydrogen-bond donors (Lipinski definition) is 2. The second kappa shape index (κ2) is 7.32. The Hall–Kier alpha value is -3.51. The number of amides is 1. The molecule has 1 aliphatic rings. The highest BCUT2D eigenvalue weighted by Gasteiger charge is 2.35. The van der Waals surface area contributed by atoms with E-state index in [2.05, 4.69) is 4.98 Å². The van der Waals surface area contributed by atoms with Crippen molar-refractivity contribution in [3.8, 4) is 5.75 Å². The van der Waals surface area contributed by atoms with Crippen molar-refractivity contribution in [1.29, 1.82) is 0 Å². The van der Waals surface area contributed by atoms with Crippen molar-refractivity contribution in [2.75, 3.05) is 24.4 Å². The molecule has 0 spiro atoms. The molecule has 0 saturated heterocycles. The van der Waals surface area contributed by atoms with Gasteiger partial charge in [0, 0.05) is 40.7 Å². The van der Waals surface area contributed by atoms with Gasteiger partial charge in [0.2, 0.25) is 0 Å². The highest BCUT2D eigenvalue weighted by atomic mass is 35.5. The number of anilines is 1. The van der Waals surface area contributed by atoms with E-state index in [-0.39, 0.29) is 17.6 Å². The van der Waals surface area contributed by atoms with E-state index in [4.69, 9.17) is 16.3 Å². The number of rotatable bonds is 3. The first-order valence-electron chi connectivity index (χ1n) is 9.85. The fraction of sp³-hybridized carbons (Fsp3) is 0.167. The van der Waals surface area contributed by atoms with Gasteiger partial charge in [0.05, 0.1) is 18.4 Å². The number of H-pyrrole nitrogens is 1. The van der Waals surface area contributed by atoms with E-state index in [0.717, 1.165) is 27.2 Å². The first kappa shape index (κ1) is 19.5. The number of aromatic nitrogens is 1. The molecular formula is C24H19ClN2O4. The van der Waals surface area contributed by atoms with Gasteiger partial charge in [-0.2, -0.15) is 0 Å². The van der Waals surface area contributed by atoms with E-state index in [1.54, 1.807) is 35.2 Å². The summed E-state index contributed by atoms with van der Waals surface area (Å²) >= 11 is 6.26. The van der Waals surface area contributed by atoms with Crippen LogP contribution in [0.5, 0.6) is 5.75 Å². The lowest BCUT2D eigenvalue weighted by molar-refractivity contribution is 0.0600. The van der Waals surface area contributed by atoms with Crippen LogP contribution < -0.4 is 4.90 Å². The number of hydrogen-bond acceptors (Lipinski definition) is 4. The number of phenols is 1. The van der Waals surface area contributed by atoms with Crippen LogP contribution in [-0.4, -0.2) is 41.5 Å². The summed E-state index contributed by atoms with van der Waals surface area (Å²) in [7, 11) is 1.33. The minimum absolute atomic E-state index is 0.0403. The zero-order valence-electron chi connectivity index (χ0n) is 16.7. The standard InChI is InChI=1S/C24H19ClN2O4/c1-31-24(30)13-6-7-18-14(8-13)9-19(26-18)23(29)27-12-15(11-25)22-17-5-3-2-4-16(17)21(28)10-20(22)27/h2-10,15,26,28H,11-12H2,1H3. The molecule has 0 radical (unpaired) electrons. The topological polar surface area (TPSA) is 82.6 Å². The molecule has 0 fully saturated rings. The third kappa shape index (κ3) is 3.02. The van der Waals surface area contributed by atoms with Crippen molar-refractivity contribution < 1.29 is 19.4 Å². The number of nitrogens with zero attached hydrogens (tertiary/aromatic N) is 1. The van der Waals surface area contributed by atoms with E-state index in [9.17, 15) is 14.7 Å². The molecule has 1 amide bonds. The SMILES string of the molecule is COC(=O)c1ccc2[nH]c(C(=O)N3CC(CCl)c4c3cc(O)c3ccccc43)cc2c1. The number of fused-ring (bicyclic) bond motifs is 4. The van der Waals surface area contributed by atoms with E-state index in [0.29, 0.717) is 29.4 Å². The highest BCUT2D eigenvalue weighted by molar-refractivity contribution is 6.19. The summed E-state index contributed by atoms with van der Waals surface area (Å²) in [5, 5.41) is 12.9. The molecule has 0 saturated carbocycles. The summed E-state index contributed by atoms with van der Waals surface area (Å²) < 4.78 is 4.77. The minimum atomic E-state index is -0.434. The van der Waals surface area contributed by atoms with E-state index >= 15 is 0 Å². The molecular weight excluding hydrogens is 416 g/mol. The summed E-state index contributed by atoms with van der Waals surface area (Å²) in [6, 6.07) is 16.0. The molecule has 31 heavy (non-hydrogen) atoms. The number of aromatic hydroxyl groups is 1. The fourth-order valence-corrected chi connectivity index (χ4v) is 4.63. The molecule has 4 aromatic rings. The fourth-order valence-electron chi connectivity index (χ4n) is 4.38. The molecule has 2 N–H and O–H groups in total. The quantitative estimate of drug-likeness (QED) is 0.358. The summed E-state index contributed by atoms with van der Waals surface area (Å²) in [4.78, 5) is 30.0. The second-order valence-corrected chi connectivity index (χ2v) is 7.93. The van der Waals surface area contributed by atoms with E-state index in [1.807, 2.05) is 24.3 Å². The lowest BCUT2D eigenvalue weighted by Crippen LogP contribution is -2.30. The largest absolute Gasteiger partial charge is 0.507 e. The number of alkyl halides is 1. The number of esters is 1. The Morgan fingerprint density at radius 3 is 2.68 bits per heavy atom. The van der Waals surface area contributed by atoms with Crippen LogP contribution in [0, 0.1) is 0 Å². The average molecular weight is 435 g/mol. The summed E-state index contributed by atoms with van der Waals surface area (Å²) in [5.74, 6) is -0.208. The van der Waals surface area contributed by atoms with Crippen LogP contribution in [0.15, 0.2) is 54.6 Å². The van der Waals surface area contributed by atoms with Crippen LogP contribution in [0.1, 0.15) is 32.3 Å². The normalized spacial score (nSPS) is 15.4. The van der Waals surface area contributed by atoms with Gasteiger partial charge in [-0.3, -0.25) is 4.79 Å². The van der Waals surface area contributed by atoms with Crippen LogP contribution in [0.25, 0.3) is 21.7 Å². The molecule has 1 aromatic heterocycles. The summed E-state index contributed by atoms with van der Waals surface area (Å²) in [5.41, 5.74) is 3.19. The van der Waals surface area contributed by atoms with Gasteiger partial charge in [0.15, 0.2) is 0 Å². The van der Waals surface area contributed by atoms with Crippen LogP contribution in [0.4, 0.5) is 5.69 Å². The van der Waals surface area contributed by atoms with Gasteiger partial charge in [0.1, 0.15) is 11.4 Å². The smallest absolute Gasteiger partial charge is 0.337 e. The zero-order chi connectivity index (χ0) is 21.7. The molecule has 0 aliphatic carbocycles. The Balaban J connectivity index is 1.59. The van der Waals surface area contributed by atoms with Crippen molar-refractivity contribution in [3.05, 3.63) is 71.4 Å². The average Bonchev–Trinajstić information content (AvgIpc) is 3.39. The number of benzene rings is 3. The van der Waals surface area contributed by atoms with Gasteiger partial charge in [-0.05, 0) is 35.2 Å². The molecule has 7 heteroatoms. The Kier molecular flexibility index (Phi) is 4.59. The first-order valence-corrected chi connectivity index (χ1v) is 10.4. The monoisotopic (exact) mass is 434 g/mol. The highest BCUT2D eigenvalue weighted by Crippen LogP contribution is 2.45. The van der Waals surface area contributed by atoms with Gasteiger partial charge < -0.3 is 19.7 Å². The number of aromatic amines is 1. The van der Waals surface area contributed by atoms with Crippen LogP contribution in [0.3, 0.4) is 0 Å². The first-order chi connectivity index (χ1) is 15.0. The number of phenolic OH excluding ortho intramolecular Hbond substituents is 1. The Morgan fingerprint density at radius 2 is 1.94 bits per heavy atom. The molecule has 1 unspecified atom stereocenters. The van der Waals surface area contributed by atoms with Gasteiger partial charge in [-0.25, -0.2) is 4.79 Å². The molecule has 1 aliphatic heterocycles. The van der Waals surface area contributed by atoms with Crippen molar-refractivity contribution in [2.24, 2.45) is 0 Å². The van der Waals surface area contributed by atoms with Gasteiger partial charge in [-0.15, -0.1) is 11.6 Å². The van der Waals surface area contributed by atoms with Crippen molar-refractivity contribution in [2.45, 2.75) is 5.92 Å². The number of carbonyl (C=O) groups excluding carboxylic acids is 2. The molecule has 0 bridgehead atoms. The Bertz CT molecular complexity index is 1360. The van der Waals surface area contributed by atoms with Gasteiger partial charge in [-0.1, -0.05) is 24.3 Å². The molecule has 5 rings (SSSR count). The zero-order valence-corrected chi connectivity index (χ0v) is 17.4. The Morgan fingerprint density at radius 1 is 1.16 bits per heavy atom. The lowest BCUT2D eigenvalue weighted by Gasteiger charge is -2.17. The van der Waals surface area contributed by atoms with Crippen molar-refractivity contribution >= 4 is 50.8 Å². The second-order valence-electron chi connectivity index (χ2n) is 7.62. The predicted molar refractivity (Wildman–Crippen MR) is 120 cm³/mol. The Labute approximate surface area is 183 Å². The molecule has 156 valence electrons. The molecule has 6 nitrogen and oxygen atoms in total. The summed E-state index contributed by atoms with van der Waals surface area (Å²) in [6.07, 6.45) is 0. The van der Waals surface area contributed by atoms with Gasteiger partial charge in [0.25, 0.3) is 5.91 Å². The van der Waals surface area contributed by atoms with E-state index in [1.165, 1.54) is 7.11 Å². The predicted octanol–water partition coefficient (Wildman–Crippen LogP) is 4.80. The van der Waals surface area contributed by atoms with Crippen molar-refractivity contribution in [3.63, 3.8) is 0 Å². The third-order valence-corrected chi connectivity index (χ3v) is 6.22. The number of methoxy groups -OCH3 is 1. The van der Waals surface area contributed by atoms with Crippen LogP contribution in [-0.2, 0) is 4.74 Å². The summed E-state index contributed by atoms with van der Waals surface area (Å²) in [6.45, 7) is 0.424. The number of halogens is 1. The maximum Gasteiger partial charge on any atom is 0.337 e. The molecule has 2 heterocycles. The van der Waals surface area contributed by atoms with Gasteiger partial charge >= 0.3 is 5.97 Å².